The summed E-state index contributed by atoms with van der Waals surface area (Å²) in [6.45, 7) is 3.01. The number of nitriles is 1. The molecule has 2 nitrogen and oxygen atoms in total. The first-order valence-electron chi connectivity index (χ1n) is 5.44. The number of hydrogen-bond acceptors (Lipinski definition) is 2. The first-order valence-corrected chi connectivity index (χ1v) is 5.44. The molecule has 2 fully saturated rings. The molecule has 1 unspecified atom stereocenters. The van der Waals surface area contributed by atoms with Gasteiger partial charge in [0.05, 0.1) is 12.1 Å². The van der Waals surface area contributed by atoms with Crippen molar-refractivity contribution in [1.29, 1.82) is 5.26 Å². The van der Waals surface area contributed by atoms with Crippen molar-refractivity contribution in [1.82, 2.24) is 5.32 Å². The molecule has 0 aromatic carbocycles. The Labute approximate surface area is 80.3 Å². The van der Waals surface area contributed by atoms with E-state index in [2.05, 4.69) is 11.4 Å². The predicted octanol–water partition coefficient (Wildman–Crippen LogP) is 1.92. The fourth-order valence-corrected chi connectivity index (χ4v) is 2.13. The van der Waals surface area contributed by atoms with E-state index in [4.69, 9.17) is 5.26 Å². The van der Waals surface area contributed by atoms with E-state index in [1.54, 1.807) is 0 Å². The van der Waals surface area contributed by atoms with Crippen LogP contribution in [0, 0.1) is 29.1 Å². The minimum absolute atomic E-state index is 0.0278. The van der Waals surface area contributed by atoms with Crippen molar-refractivity contribution in [2.24, 2.45) is 17.8 Å². The Morgan fingerprint density at radius 1 is 1.31 bits per heavy atom. The van der Waals surface area contributed by atoms with Gasteiger partial charge in [-0.1, -0.05) is 0 Å². The molecule has 2 rings (SSSR count). The van der Waals surface area contributed by atoms with Gasteiger partial charge in [-0.25, -0.2) is 0 Å². The lowest BCUT2D eigenvalue weighted by atomic mass is 9.98. The van der Waals surface area contributed by atoms with E-state index in [0.29, 0.717) is 0 Å². The van der Waals surface area contributed by atoms with Crippen LogP contribution in [0.1, 0.15) is 32.6 Å². The van der Waals surface area contributed by atoms with Gasteiger partial charge < -0.3 is 5.32 Å². The first-order chi connectivity index (χ1) is 6.31. The third-order valence-electron chi connectivity index (χ3n) is 3.31. The first kappa shape index (κ1) is 9.02. The number of hydrogen-bond donors (Lipinski definition) is 1. The molecular weight excluding hydrogens is 160 g/mol. The number of rotatable bonds is 5. The Morgan fingerprint density at radius 3 is 2.23 bits per heavy atom. The van der Waals surface area contributed by atoms with E-state index in [1.165, 1.54) is 25.7 Å². The molecule has 0 aromatic heterocycles. The lowest BCUT2D eigenvalue weighted by Gasteiger charge is -2.16. The Hall–Kier alpha value is -0.550. The molecule has 2 heteroatoms. The molecular formula is C11H18N2. The Kier molecular flexibility index (Phi) is 2.55. The second-order valence-corrected chi connectivity index (χ2v) is 4.60. The summed E-state index contributed by atoms with van der Waals surface area (Å²) in [7, 11) is 0. The Morgan fingerprint density at radius 2 is 1.85 bits per heavy atom. The van der Waals surface area contributed by atoms with Crippen molar-refractivity contribution in [2.75, 3.05) is 6.54 Å². The van der Waals surface area contributed by atoms with Crippen LogP contribution in [0.2, 0.25) is 0 Å². The van der Waals surface area contributed by atoms with Crippen LogP contribution in [0.4, 0.5) is 0 Å². The second kappa shape index (κ2) is 3.67. The van der Waals surface area contributed by atoms with Crippen LogP contribution in [0.25, 0.3) is 0 Å². The summed E-state index contributed by atoms with van der Waals surface area (Å²) >= 11 is 0. The molecule has 2 saturated carbocycles. The fraction of sp³-hybridized carbons (Fsp3) is 0.909. The highest BCUT2D eigenvalue weighted by Crippen LogP contribution is 2.48. The fourth-order valence-electron chi connectivity index (χ4n) is 2.13. The Balaban J connectivity index is 1.73. The van der Waals surface area contributed by atoms with Crippen LogP contribution in [-0.4, -0.2) is 12.6 Å². The Bertz CT molecular complexity index is 199. The molecule has 0 spiro atoms. The molecule has 0 radical (unpaired) electrons. The van der Waals surface area contributed by atoms with Crippen LogP contribution in [0.15, 0.2) is 0 Å². The highest BCUT2D eigenvalue weighted by Gasteiger charge is 2.40. The van der Waals surface area contributed by atoms with E-state index in [0.717, 1.165) is 24.3 Å². The van der Waals surface area contributed by atoms with Gasteiger partial charge in [-0.15, -0.1) is 0 Å². The van der Waals surface area contributed by atoms with Crippen LogP contribution in [0.3, 0.4) is 0 Å². The zero-order valence-corrected chi connectivity index (χ0v) is 8.29. The van der Waals surface area contributed by atoms with Crippen molar-refractivity contribution < 1.29 is 0 Å². The van der Waals surface area contributed by atoms with E-state index in [9.17, 15) is 0 Å². The summed E-state index contributed by atoms with van der Waals surface area (Å²) in [4.78, 5) is 0. The number of nitrogens with one attached hydrogen (secondary N) is 1. The van der Waals surface area contributed by atoms with Crippen LogP contribution in [0.5, 0.6) is 0 Å². The van der Waals surface area contributed by atoms with Gasteiger partial charge in [0.1, 0.15) is 0 Å². The van der Waals surface area contributed by atoms with Gasteiger partial charge in [-0.2, -0.15) is 5.26 Å². The summed E-state index contributed by atoms with van der Waals surface area (Å²) in [6.07, 6.45) is 5.74. The maximum absolute atomic E-state index is 8.64. The maximum Gasteiger partial charge on any atom is 0.0924 e. The monoisotopic (exact) mass is 178 g/mol. The molecule has 0 heterocycles. The molecule has 0 aliphatic heterocycles. The van der Waals surface area contributed by atoms with E-state index >= 15 is 0 Å². The van der Waals surface area contributed by atoms with Gasteiger partial charge in [0, 0.05) is 0 Å². The second-order valence-electron chi connectivity index (χ2n) is 4.60. The van der Waals surface area contributed by atoms with Crippen molar-refractivity contribution in [3.05, 3.63) is 0 Å². The summed E-state index contributed by atoms with van der Waals surface area (Å²) < 4.78 is 0. The highest BCUT2D eigenvalue weighted by molar-refractivity contribution is 4.94. The third kappa shape index (κ3) is 2.45. The molecule has 2 aliphatic carbocycles. The van der Waals surface area contributed by atoms with Crippen molar-refractivity contribution in [2.45, 2.75) is 38.6 Å². The molecule has 2 aliphatic rings. The zero-order chi connectivity index (χ0) is 9.26. The van der Waals surface area contributed by atoms with Gasteiger partial charge in [0.15, 0.2) is 0 Å². The minimum atomic E-state index is 0.0278. The van der Waals surface area contributed by atoms with E-state index < -0.39 is 0 Å². The topological polar surface area (TPSA) is 35.8 Å². The van der Waals surface area contributed by atoms with Crippen molar-refractivity contribution in [3.8, 4) is 6.07 Å². The summed E-state index contributed by atoms with van der Waals surface area (Å²) in [6, 6.07) is 2.26. The quantitative estimate of drug-likeness (QED) is 0.698. The molecule has 0 saturated heterocycles. The van der Waals surface area contributed by atoms with Crippen LogP contribution < -0.4 is 5.32 Å². The third-order valence-corrected chi connectivity index (χ3v) is 3.31. The predicted molar refractivity (Wildman–Crippen MR) is 52.0 cm³/mol. The summed E-state index contributed by atoms with van der Waals surface area (Å²) in [5.41, 5.74) is 0. The molecule has 0 aromatic rings. The summed E-state index contributed by atoms with van der Waals surface area (Å²) in [5.74, 6) is 2.87. The van der Waals surface area contributed by atoms with E-state index in [1.807, 2.05) is 6.92 Å². The van der Waals surface area contributed by atoms with Gasteiger partial charge in [-0.05, 0) is 56.9 Å². The highest BCUT2D eigenvalue weighted by atomic mass is 14.9. The van der Waals surface area contributed by atoms with Crippen LogP contribution in [-0.2, 0) is 0 Å². The molecule has 1 N–H and O–H groups in total. The molecule has 0 amide bonds. The van der Waals surface area contributed by atoms with Gasteiger partial charge in [0.25, 0.3) is 0 Å². The van der Waals surface area contributed by atoms with Gasteiger partial charge >= 0.3 is 0 Å². The minimum Gasteiger partial charge on any atom is -0.302 e. The molecule has 13 heavy (non-hydrogen) atoms. The summed E-state index contributed by atoms with van der Waals surface area (Å²) in [5, 5.41) is 12.0. The average Bonchev–Trinajstić information content (AvgIpc) is 2.98. The normalized spacial score (nSPS) is 24.4. The maximum atomic E-state index is 8.64. The van der Waals surface area contributed by atoms with Crippen molar-refractivity contribution in [3.63, 3.8) is 0 Å². The molecule has 1 atom stereocenters. The molecule has 72 valence electrons. The number of nitrogens with zero attached hydrogens (tertiary/aromatic N) is 1. The van der Waals surface area contributed by atoms with Crippen LogP contribution >= 0.6 is 0 Å². The van der Waals surface area contributed by atoms with E-state index in [-0.39, 0.29) is 6.04 Å². The standard InChI is InChI=1S/C11H18N2/c1-8(6-12)13-7-11(9-2-3-9)10-4-5-10/h8-11,13H,2-5,7H2,1H3. The lowest BCUT2D eigenvalue weighted by molar-refractivity contribution is 0.373. The lowest BCUT2D eigenvalue weighted by Crippen LogP contribution is -2.31. The van der Waals surface area contributed by atoms with Gasteiger partial charge in [-0.3, -0.25) is 0 Å². The van der Waals surface area contributed by atoms with Crippen molar-refractivity contribution >= 4 is 0 Å². The molecule has 0 bridgehead atoms. The average molecular weight is 178 g/mol. The van der Waals surface area contributed by atoms with Gasteiger partial charge in [0.2, 0.25) is 0 Å². The largest absolute Gasteiger partial charge is 0.302 e. The smallest absolute Gasteiger partial charge is 0.0924 e. The SMILES string of the molecule is CC(C#N)NCC(C1CC1)C1CC1. The zero-order valence-electron chi connectivity index (χ0n) is 8.29.